The predicted octanol–water partition coefficient (Wildman–Crippen LogP) is -0.564. The highest BCUT2D eigenvalue weighted by Gasteiger charge is 2.27. The van der Waals surface area contributed by atoms with Crippen LogP contribution in [0.15, 0.2) is 6.07 Å². The minimum atomic E-state index is -3.16. The first-order chi connectivity index (χ1) is 8.38. The number of piperazine rings is 1. The Balaban J connectivity index is 2.00. The minimum absolute atomic E-state index is 0.160. The van der Waals surface area contributed by atoms with Gasteiger partial charge in [-0.2, -0.15) is 9.40 Å². The molecule has 1 aliphatic heterocycles. The van der Waals surface area contributed by atoms with E-state index in [1.807, 2.05) is 6.92 Å². The Labute approximate surface area is 106 Å². The molecule has 1 aliphatic rings. The summed E-state index contributed by atoms with van der Waals surface area (Å²) in [7, 11) is -3.16. The van der Waals surface area contributed by atoms with Crippen molar-refractivity contribution in [1.82, 2.24) is 19.4 Å². The first-order valence-electron chi connectivity index (χ1n) is 5.64. The third-order valence-electron chi connectivity index (χ3n) is 2.92. The van der Waals surface area contributed by atoms with Crippen LogP contribution in [0.1, 0.15) is 16.2 Å². The normalized spacial score (nSPS) is 18.0. The Bertz CT molecular complexity index is 543. The van der Waals surface area contributed by atoms with Gasteiger partial charge in [0.2, 0.25) is 10.0 Å². The molecule has 0 aromatic carbocycles. The number of H-pyrrole nitrogens is 1. The van der Waals surface area contributed by atoms with Crippen LogP contribution in [-0.4, -0.2) is 66.2 Å². The smallest absolute Gasteiger partial charge is 0.274 e. The number of aromatic amines is 1. The van der Waals surface area contributed by atoms with Gasteiger partial charge < -0.3 is 4.90 Å². The molecular weight excluding hydrogens is 256 g/mol. The summed E-state index contributed by atoms with van der Waals surface area (Å²) in [5.41, 5.74) is 1.20. The van der Waals surface area contributed by atoms with Gasteiger partial charge in [-0.3, -0.25) is 9.89 Å². The van der Waals surface area contributed by atoms with E-state index in [9.17, 15) is 13.2 Å². The molecule has 7 nitrogen and oxygen atoms in total. The maximum absolute atomic E-state index is 12.0. The summed E-state index contributed by atoms with van der Waals surface area (Å²) in [6.07, 6.45) is 1.18. The predicted molar refractivity (Wildman–Crippen MR) is 65.6 cm³/mol. The number of hydrogen-bond acceptors (Lipinski definition) is 4. The molecule has 1 saturated heterocycles. The van der Waals surface area contributed by atoms with Gasteiger partial charge in [0.05, 0.1) is 6.26 Å². The number of rotatable bonds is 2. The number of sulfonamides is 1. The van der Waals surface area contributed by atoms with E-state index in [0.29, 0.717) is 31.9 Å². The van der Waals surface area contributed by atoms with Crippen molar-refractivity contribution in [3.05, 3.63) is 17.5 Å². The van der Waals surface area contributed by atoms with E-state index in [-0.39, 0.29) is 5.91 Å². The number of nitrogens with one attached hydrogen (secondary N) is 1. The van der Waals surface area contributed by atoms with Gasteiger partial charge in [-0.15, -0.1) is 0 Å². The first kappa shape index (κ1) is 13.0. The first-order valence-corrected chi connectivity index (χ1v) is 7.49. The Morgan fingerprint density at radius 2 is 1.94 bits per heavy atom. The number of hydrogen-bond donors (Lipinski definition) is 1. The average Bonchev–Trinajstić information content (AvgIpc) is 2.74. The van der Waals surface area contributed by atoms with Crippen LogP contribution in [0.5, 0.6) is 0 Å². The standard InChI is InChI=1S/C10H16N4O3S/c1-8-7-9(12-11-8)10(15)13-3-5-14(6-4-13)18(2,16)17/h7H,3-6H2,1-2H3,(H,11,12). The van der Waals surface area contributed by atoms with E-state index in [1.165, 1.54) is 10.6 Å². The Hall–Kier alpha value is -1.41. The van der Waals surface area contributed by atoms with E-state index in [1.54, 1.807) is 11.0 Å². The summed E-state index contributed by atoms with van der Waals surface area (Å²) in [6.45, 7) is 3.31. The molecule has 0 unspecified atom stereocenters. The number of aryl methyl sites for hydroxylation is 1. The molecule has 18 heavy (non-hydrogen) atoms. The largest absolute Gasteiger partial charge is 0.335 e. The number of carbonyl (C=O) groups excluding carboxylic acids is 1. The van der Waals surface area contributed by atoms with E-state index < -0.39 is 10.0 Å². The van der Waals surface area contributed by atoms with Crippen LogP contribution in [0.4, 0.5) is 0 Å². The summed E-state index contributed by atoms with van der Waals surface area (Å²) in [5.74, 6) is -0.160. The van der Waals surface area contributed by atoms with E-state index in [4.69, 9.17) is 0 Å². The van der Waals surface area contributed by atoms with Gasteiger partial charge in [0, 0.05) is 31.9 Å². The van der Waals surface area contributed by atoms with Crippen molar-refractivity contribution in [2.24, 2.45) is 0 Å². The van der Waals surface area contributed by atoms with E-state index in [0.717, 1.165) is 5.69 Å². The number of amides is 1. The van der Waals surface area contributed by atoms with Crippen molar-refractivity contribution in [1.29, 1.82) is 0 Å². The molecule has 0 saturated carbocycles. The quantitative estimate of drug-likeness (QED) is 0.781. The van der Waals surface area contributed by atoms with E-state index in [2.05, 4.69) is 10.2 Å². The molecule has 100 valence electrons. The van der Waals surface area contributed by atoms with Gasteiger partial charge in [-0.25, -0.2) is 8.42 Å². The van der Waals surface area contributed by atoms with Crippen LogP contribution in [-0.2, 0) is 10.0 Å². The Morgan fingerprint density at radius 1 is 1.33 bits per heavy atom. The Kier molecular flexibility index (Phi) is 3.40. The molecule has 2 rings (SSSR count). The second-order valence-electron chi connectivity index (χ2n) is 4.39. The molecule has 1 N–H and O–H groups in total. The van der Waals surface area contributed by atoms with Crippen LogP contribution >= 0.6 is 0 Å². The van der Waals surface area contributed by atoms with E-state index >= 15 is 0 Å². The highest BCUT2D eigenvalue weighted by Crippen LogP contribution is 2.09. The van der Waals surface area contributed by atoms with Crippen molar-refractivity contribution < 1.29 is 13.2 Å². The molecule has 1 aromatic rings. The van der Waals surface area contributed by atoms with Gasteiger partial charge in [-0.1, -0.05) is 0 Å². The van der Waals surface area contributed by atoms with Gasteiger partial charge in [0.1, 0.15) is 5.69 Å². The van der Waals surface area contributed by atoms with Crippen LogP contribution in [0.3, 0.4) is 0 Å². The highest BCUT2D eigenvalue weighted by molar-refractivity contribution is 7.88. The summed E-state index contributed by atoms with van der Waals surface area (Å²) in [4.78, 5) is 13.7. The summed E-state index contributed by atoms with van der Waals surface area (Å²) < 4.78 is 24.1. The van der Waals surface area contributed by atoms with Crippen LogP contribution in [0.2, 0.25) is 0 Å². The molecule has 1 aromatic heterocycles. The third kappa shape index (κ3) is 2.70. The summed E-state index contributed by atoms with van der Waals surface area (Å²) in [6, 6.07) is 1.69. The lowest BCUT2D eigenvalue weighted by Gasteiger charge is -2.32. The molecule has 0 aliphatic carbocycles. The molecule has 2 heterocycles. The molecule has 8 heteroatoms. The SMILES string of the molecule is Cc1cc(C(=O)N2CCN(S(C)(=O)=O)CC2)n[nH]1. The highest BCUT2D eigenvalue weighted by atomic mass is 32.2. The fraction of sp³-hybridized carbons (Fsp3) is 0.600. The second-order valence-corrected chi connectivity index (χ2v) is 6.37. The molecule has 0 spiro atoms. The zero-order chi connectivity index (χ0) is 13.3. The van der Waals surface area contributed by atoms with Crippen molar-refractivity contribution in [3.63, 3.8) is 0 Å². The fourth-order valence-electron chi connectivity index (χ4n) is 1.91. The van der Waals surface area contributed by atoms with Gasteiger partial charge >= 0.3 is 0 Å². The average molecular weight is 272 g/mol. The maximum atomic E-state index is 12.0. The number of carbonyl (C=O) groups is 1. The topological polar surface area (TPSA) is 86.4 Å². The molecule has 1 fully saturated rings. The molecular formula is C10H16N4O3S. The van der Waals surface area contributed by atoms with Gasteiger partial charge in [0.25, 0.3) is 5.91 Å². The summed E-state index contributed by atoms with van der Waals surface area (Å²) >= 11 is 0. The molecule has 0 radical (unpaired) electrons. The van der Waals surface area contributed by atoms with Crippen molar-refractivity contribution in [3.8, 4) is 0 Å². The lowest BCUT2D eigenvalue weighted by atomic mass is 10.3. The molecule has 0 atom stereocenters. The fourth-order valence-corrected chi connectivity index (χ4v) is 2.74. The van der Waals surface area contributed by atoms with Crippen LogP contribution < -0.4 is 0 Å². The lowest BCUT2D eigenvalue weighted by Crippen LogP contribution is -2.50. The van der Waals surface area contributed by atoms with Gasteiger partial charge in [-0.05, 0) is 13.0 Å². The second kappa shape index (κ2) is 4.69. The maximum Gasteiger partial charge on any atom is 0.274 e. The van der Waals surface area contributed by atoms with Crippen molar-refractivity contribution in [2.45, 2.75) is 6.92 Å². The third-order valence-corrected chi connectivity index (χ3v) is 4.22. The number of aromatic nitrogens is 2. The van der Waals surface area contributed by atoms with Crippen LogP contribution in [0, 0.1) is 6.92 Å². The zero-order valence-electron chi connectivity index (χ0n) is 10.4. The van der Waals surface area contributed by atoms with Crippen molar-refractivity contribution in [2.75, 3.05) is 32.4 Å². The van der Waals surface area contributed by atoms with Gasteiger partial charge in [0.15, 0.2) is 0 Å². The van der Waals surface area contributed by atoms with Crippen molar-refractivity contribution >= 4 is 15.9 Å². The monoisotopic (exact) mass is 272 g/mol. The molecule has 1 amide bonds. The number of nitrogens with zero attached hydrogens (tertiary/aromatic N) is 3. The lowest BCUT2D eigenvalue weighted by molar-refractivity contribution is 0.0692. The van der Waals surface area contributed by atoms with Crippen LogP contribution in [0.25, 0.3) is 0 Å². The minimum Gasteiger partial charge on any atom is -0.335 e. The zero-order valence-corrected chi connectivity index (χ0v) is 11.2. The summed E-state index contributed by atoms with van der Waals surface area (Å²) in [5, 5.41) is 6.63. The Morgan fingerprint density at radius 3 is 2.39 bits per heavy atom. The molecule has 0 bridgehead atoms.